The highest BCUT2D eigenvalue weighted by Gasteiger charge is 2.22. The number of nitrogens with one attached hydrogen (secondary N) is 2. The van der Waals surface area contributed by atoms with E-state index in [1.54, 1.807) is 48.5 Å². The lowest BCUT2D eigenvalue weighted by Crippen LogP contribution is -2.13. The number of hydrogen-bond acceptors (Lipinski definition) is 5. The number of amides is 1. The summed E-state index contributed by atoms with van der Waals surface area (Å²) in [6, 6.07) is 25.5. The van der Waals surface area contributed by atoms with E-state index in [9.17, 15) is 14.9 Å². The fraction of sp³-hybridized carbons (Fsp3) is 0.107. The van der Waals surface area contributed by atoms with Crippen LogP contribution in [0.25, 0.3) is 11.1 Å². The molecule has 0 bridgehead atoms. The lowest BCUT2D eigenvalue weighted by atomic mass is 10.00. The molecule has 7 heteroatoms. The molecule has 4 aromatic rings. The number of nitrogens with zero attached hydrogens (tertiary/aromatic N) is 1. The van der Waals surface area contributed by atoms with Crippen molar-refractivity contribution in [2.45, 2.75) is 13.3 Å². The van der Waals surface area contributed by atoms with E-state index in [0.29, 0.717) is 31.6 Å². The maximum absolute atomic E-state index is 13.4. The predicted octanol–water partition coefficient (Wildman–Crippen LogP) is 6.78. The summed E-state index contributed by atoms with van der Waals surface area (Å²) in [6.45, 7) is 2.85. The second kappa shape index (κ2) is 11.0. The number of nitriles is 1. The van der Waals surface area contributed by atoms with E-state index in [1.807, 2.05) is 37.3 Å². The molecule has 0 radical (unpaired) electrons. The van der Waals surface area contributed by atoms with Gasteiger partial charge >= 0.3 is 0 Å². The van der Waals surface area contributed by atoms with Gasteiger partial charge in [-0.25, -0.2) is 0 Å². The zero-order valence-corrected chi connectivity index (χ0v) is 20.5. The molecule has 35 heavy (non-hydrogen) atoms. The Morgan fingerprint density at radius 1 is 1.00 bits per heavy atom. The second-order valence-corrected chi connectivity index (χ2v) is 9.27. The second-order valence-electron chi connectivity index (χ2n) is 7.81. The number of thiophene rings is 1. The van der Waals surface area contributed by atoms with E-state index in [2.05, 4.69) is 16.7 Å². The van der Waals surface area contributed by atoms with E-state index in [-0.39, 0.29) is 18.1 Å². The van der Waals surface area contributed by atoms with Crippen LogP contribution < -0.4 is 10.6 Å². The minimum atomic E-state index is -0.238. The lowest BCUT2D eigenvalue weighted by Gasteiger charge is -2.06. The van der Waals surface area contributed by atoms with Gasteiger partial charge in [-0.2, -0.15) is 5.26 Å². The van der Waals surface area contributed by atoms with Crippen LogP contribution in [0.4, 0.5) is 10.7 Å². The number of anilines is 2. The van der Waals surface area contributed by atoms with E-state index in [1.165, 1.54) is 11.3 Å². The van der Waals surface area contributed by atoms with Crippen LogP contribution in [0.5, 0.6) is 0 Å². The molecule has 0 aliphatic rings. The van der Waals surface area contributed by atoms with Gasteiger partial charge in [0.15, 0.2) is 0 Å². The summed E-state index contributed by atoms with van der Waals surface area (Å²) in [5.41, 5.74) is 4.11. The number of halogens is 1. The number of carbonyl (C=O) groups excluding carboxylic acids is 2. The normalized spacial score (nSPS) is 10.4. The molecule has 0 saturated carbocycles. The topological polar surface area (TPSA) is 82.0 Å². The average Bonchev–Trinajstić information content (AvgIpc) is 3.29. The summed E-state index contributed by atoms with van der Waals surface area (Å²) in [4.78, 5) is 26.7. The molecule has 0 saturated heterocycles. The Kier molecular flexibility index (Phi) is 7.61. The van der Waals surface area contributed by atoms with Crippen LogP contribution in [0.15, 0.2) is 78.9 Å². The molecular formula is C28H22ClN3O2S. The predicted molar refractivity (Wildman–Crippen MR) is 142 cm³/mol. The molecule has 1 amide bonds. The van der Waals surface area contributed by atoms with E-state index in [4.69, 9.17) is 11.6 Å². The summed E-state index contributed by atoms with van der Waals surface area (Å²) >= 11 is 7.49. The van der Waals surface area contributed by atoms with Crippen molar-refractivity contribution in [3.05, 3.63) is 105 Å². The molecule has 1 heterocycles. The Morgan fingerprint density at radius 2 is 1.77 bits per heavy atom. The van der Waals surface area contributed by atoms with Crippen molar-refractivity contribution in [2.75, 3.05) is 17.2 Å². The maximum Gasteiger partial charge on any atom is 0.229 e. The average molecular weight is 500 g/mol. The molecule has 4 rings (SSSR count). The summed E-state index contributed by atoms with van der Waals surface area (Å²) in [7, 11) is 0. The standard InChI is InChI=1S/C28H22ClN3O2S/c1-2-31-21-12-10-18(11-13-21)15-25(33)32-26-16-23(20-7-5-6-19(14-20)17-30)28(35-26)27(34)22-8-3-4-9-24(22)29/h3-14,16,31H,2,15H2,1H3,(H,32,33). The third-order valence-corrected chi connectivity index (χ3v) is 6.70. The number of carbonyl (C=O) groups is 2. The SMILES string of the molecule is CCNc1ccc(CC(=O)Nc2cc(-c3cccc(C#N)c3)c(C(=O)c3ccccc3Cl)s2)cc1. The van der Waals surface area contributed by atoms with Gasteiger partial charge in [-0.1, -0.05) is 48.0 Å². The van der Waals surface area contributed by atoms with Crippen LogP contribution in [-0.2, 0) is 11.2 Å². The van der Waals surface area contributed by atoms with Crippen LogP contribution >= 0.6 is 22.9 Å². The third-order valence-electron chi connectivity index (χ3n) is 5.32. The Labute approximate surface area is 213 Å². The first-order chi connectivity index (χ1) is 17.0. The summed E-state index contributed by atoms with van der Waals surface area (Å²) in [5, 5.41) is 16.4. The Bertz CT molecular complexity index is 1420. The van der Waals surface area contributed by atoms with Gasteiger partial charge in [-0.3, -0.25) is 9.59 Å². The zero-order chi connectivity index (χ0) is 24.8. The lowest BCUT2D eigenvalue weighted by molar-refractivity contribution is -0.115. The van der Waals surface area contributed by atoms with Gasteiger partial charge in [0, 0.05) is 23.4 Å². The largest absolute Gasteiger partial charge is 0.385 e. The smallest absolute Gasteiger partial charge is 0.229 e. The minimum absolute atomic E-state index is 0.184. The Morgan fingerprint density at radius 3 is 2.49 bits per heavy atom. The van der Waals surface area contributed by atoms with Gasteiger partial charge < -0.3 is 10.6 Å². The van der Waals surface area contributed by atoms with Crippen molar-refractivity contribution in [1.82, 2.24) is 0 Å². The molecule has 0 aliphatic carbocycles. The van der Waals surface area contributed by atoms with Crippen molar-refractivity contribution < 1.29 is 9.59 Å². The minimum Gasteiger partial charge on any atom is -0.385 e. The highest BCUT2D eigenvalue weighted by Crippen LogP contribution is 2.37. The van der Waals surface area contributed by atoms with Crippen molar-refractivity contribution in [1.29, 1.82) is 5.26 Å². The Hall–Kier alpha value is -3.92. The van der Waals surface area contributed by atoms with Gasteiger partial charge in [0.1, 0.15) is 0 Å². The fourth-order valence-corrected chi connectivity index (χ4v) is 4.94. The monoisotopic (exact) mass is 499 g/mol. The van der Waals surface area contributed by atoms with E-state index >= 15 is 0 Å². The summed E-state index contributed by atoms with van der Waals surface area (Å²) in [6.07, 6.45) is 0.206. The number of hydrogen-bond donors (Lipinski definition) is 2. The van der Waals surface area contributed by atoms with Gasteiger partial charge in [-0.05, 0) is 60.5 Å². The molecular weight excluding hydrogens is 478 g/mol. The van der Waals surface area contributed by atoms with E-state index < -0.39 is 0 Å². The van der Waals surface area contributed by atoms with Gasteiger partial charge in [0.2, 0.25) is 11.7 Å². The maximum atomic E-state index is 13.4. The van der Waals surface area contributed by atoms with Gasteiger partial charge in [0.25, 0.3) is 0 Å². The van der Waals surface area contributed by atoms with Crippen LogP contribution in [0.1, 0.15) is 33.3 Å². The molecule has 2 N–H and O–H groups in total. The quantitative estimate of drug-likeness (QED) is 0.262. The van der Waals surface area contributed by atoms with Gasteiger partial charge in [-0.15, -0.1) is 11.3 Å². The molecule has 0 unspecified atom stereocenters. The van der Waals surface area contributed by atoms with Crippen LogP contribution in [-0.4, -0.2) is 18.2 Å². The highest BCUT2D eigenvalue weighted by molar-refractivity contribution is 7.18. The zero-order valence-electron chi connectivity index (χ0n) is 19.0. The molecule has 0 fully saturated rings. The fourth-order valence-electron chi connectivity index (χ4n) is 3.67. The summed E-state index contributed by atoms with van der Waals surface area (Å²) in [5.74, 6) is -0.422. The molecule has 1 aromatic heterocycles. The van der Waals surface area contributed by atoms with Crippen molar-refractivity contribution >= 4 is 45.3 Å². The molecule has 0 spiro atoms. The third kappa shape index (κ3) is 5.78. The van der Waals surface area contributed by atoms with Crippen LogP contribution in [0, 0.1) is 11.3 Å². The molecule has 174 valence electrons. The Balaban J connectivity index is 1.64. The number of ketones is 1. The molecule has 0 aliphatic heterocycles. The van der Waals surface area contributed by atoms with Gasteiger partial charge in [0.05, 0.1) is 33.0 Å². The summed E-state index contributed by atoms with van der Waals surface area (Å²) < 4.78 is 0. The molecule has 5 nitrogen and oxygen atoms in total. The first kappa shape index (κ1) is 24.2. The van der Waals surface area contributed by atoms with Crippen molar-refractivity contribution in [3.63, 3.8) is 0 Å². The highest BCUT2D eigenvalue weighted by atomic mass is 35.5. The number of benzene rings is 3. The van der Waals surface area contributed by atoms with Crippen molar-refractivity contribution in [3.8, 4) is 17.2 Å². The van der Waals surface area contributed by atoms with Crippen LogP contribution in [0.2, 0.25) is 5.02 Å². The number of rotatable bonds is 8. The van der Waals surface area contributed by atoms with Crippen molar-refractivity contribution in [2.24, 2.45) is 0 Å². The molecule has 3 aromatic carbocycles. The van der Waals surface area contributed by atoms with Crippen LogP contribution in [0.3, 0.4) is 0 Å². The first-order valence-electron chi connectivity index (χ1n) is 11.0. The molecule has 0 atom stereocenters. The first-order valence-corrected chi connectivity index (χ1v) is 12.2. The van der Waals surface area contributed by atoms with E-state index in [0.717, 1.165) is 23.4 Å².